The van der Waals surface area contributed by atoms with Crippen LogP contribution >= 0.6 is 0 Å². The highest BCUT2D eigenvalue weighted by atomic mass is 32.2. The molecule has 1 aromatic carbocycles. The van der Waals surface area contributed by atoms with E-state index in [1.807, 2.05) is 0 Å². The van der Waals surface area contributed by atoms with Gasteiger partial charge in [-0.15, -0.1) is 0 Å². The molecule has 6 heteroatoms. The smallest absolute Gasteiger partial charge is 0.240 e. The van der Waals surface area contributed by atoms with Gasteiger partial charge in [-0.05, 0) is 49.4 Å². The number of halogens is 1. The van der Waals surface area contributed by atoms with Gasteiger partial charge in [0.1, 0.15) is 5.82 Å². The van der Waals surface area contributed by atoms with Crippen molar-refractivity contribution in [2.45, 2.75) is 30.7 Å². The zero-order valence-corrected chi connectivity index (χ0v) is 11.0. The summed E-state index contributed by atoms with van der Waals surface area (Å²) in [6.45, 7) is 1.98. The number of sulfonamides is 1. The van der Waals surface area contributed by atoms with E-state index in [2.05, 4.69) is 4.72 Å². The van der Waals surface area contributed by atoms with E-state index < -0.39 is 15.8 Å². The Morgan fingerprint density at radius 2 is 2.11 bits per heavy atom. The summed E-state index contributed by atoms with van der Waals surface area (Å²) in [6.07, 6.45) is 1.70. The zero-order valence-electron chi connectivity index (χ0n) is 10.2. The lowest BCUT2D eigenvalue weighted by Crippen LogP contribution is -2.42. The molecule has 0 radical (unpaired) electrons. The predicted molar refractivity (Wildman–Crippen MR) is 67.0 cm³/mol. The maximum Gasteiger partial charge on any atom is 0.240 e. The molecule has 1 aliphatic rings. The SMILES string of the molecule is Cc1cc(F)ccc1S(=O)(=O)NCC1CC(N)C1. The average Bonchev–Trinajstić information content (AvgIpc) is 2.22. The van der Waals surface area contributed by atoms with Gasteiger partial charge in [0.05, 0.1) is 4.90 Å². The van der Waals surface area contributed by atoms with Crippen molar-refractivity contribution in [3.8, 4) is 0 Å². The van der Waals surface area contributed by atoms with Gasteiger partial charge in [0.2, 0.25) is 10.0 Å². The molecule has 0 spiro atoms. The molecule has 3 N–H and O–H groups in total. The van der Waals surface area contributed by atoms with Crippen LogP contribution < -0.4 is 10.5 Å². The summed E-state index contributed by atoms with van der Waals surface area (Å²) >= 11 is 0. The highest BCUT2D eigenvalue weighted by Crippen LogP contribution is 2.25. The molecule has 1 aliphatic carbocycles. The van der Waals surface area contributed by atoms with Crippen LogP contribution in [0.4, 0.5) is 4.39 Å². The van der Waals surface area contributed by atoms with Crippen LogP contribution in [0.2, 0.25) is 0 Å². The number of benzene rings is 1. The Balaban J connectivity index is 2.06. The Bertz CT molecular complexity index is 539. The Hall–Kier alpha value is -0.980. The predicted octanol–water partition coefficient (Wildman–Crippen LogP) is 1.15. The summed E-state index contributed by atoms with van der Waals surface area (Å²) in [5, 5.41) is 0. The fourth-order valence-corrected chi connectivity index (χ4v) is 3.51. The van der Waals surface area contributed by atoms with Gasteiger partial charge < -0.3 is 5.73 Å². The van der Waals surface area contributed by atoms with Gasteiger partial charge in [0.25, 0.3) is 0 Å². The molecular weight excluding hydrogens is 255 g/mol. The quantitative estimate of drug-likeness (QED) is 0.863. The first-order valence-electron chi connectivity index (χ1n) is 5.90. The van der Waals surface area contributed by atoms with Gasteiger partial charge in [-0.25, -0.2) is 17.5 Å². The van der Waals surface area contributed by atoms with E-state index in [9.17, 15) is 12.8 Å². The molecule has 100 valence electrons. The first kappa shape index (κ1) is 13.5. The molecule has 0 atom stereocenters. The van der Waals surface area contributed by atoms with E-state index in [4.69, 9.17) is 5.73 Å². The molecule has 18 heavy (non-hydrogen) atoms. The van der Waals surface area contributed by atoms with E-state index in [1.165, 1.54) is 12.1 Å². The van der Waals surface area contributed by atoms with Crippen LogP contribution in [0.5, 0.6) is 0 Å². The molecule has 2 rings (SSSR count). The Morgan fingerprint density at radius 3 is 2.67 bits per heavy atom. The topological polar surface area (TPSA) is 72.2 Å². The molecule has 4 nitrogen and oxygen atoms in total. The minimum atomic E-state index is -3.55. The molecule has 0 unspecified atom stereocenters. The summed E-state index contributed by atoms with van der Waals surface area (Å²) in [4.78, 5) is 0.132. The lowest BCUT2D eigenvalue weighted by Gasteiger charge is -2.32. The Morgan fingerprint density at radius 1 is 1.44 bits per heavy atom. The van der Waals surface area contributed by atoms with Crippen LogP contribution in [0.1, 0.15) is 18.4 Å². The van der Waals surface area contributed by atoms with Crippen molar-refractivity contribution in [3.05, 3.63) is 29.6 Å². The van der Waals surface area contributed by atoms with Crippen molar-refractivity contribution in [3.63, 3.8) is 0 Å². The monoisotopic (exact) mass is 272 g/mol. The first-order valence-corrected chi connectivity index (χ1v) is 7.38. The van der Waals surface area contributed by atoms with Crippen molar-refractivity contribution >= 4 is 10.0 Å². The Labute approximate surface area is 106 Å². The van der Waals surface area contributed by atoms with E-state index in [1.54, 1.807) is 6.92 Å². The number of nitrogens with one attached hydrogen (secondary N) is 1. The summed E-state index contributed by atoms with van der Waals surface area (Å²) < 4.78 is 39.5. The molecule has 1 saturated carbocycles. The zero-order chi connectivity index (χ0) is 13.3. The van der Waals surface area contributed by atoms with E-state index in [0.29, 0.717) is 18.0 Å². The Kier molecular flexibility index (Phi) is 3.70. The van der Waals surface area contributed by atoms with E-state index in [-0.39, 0.29) is 10.9 Å². The molecule has 0 amide bonds. The summed E-state index contributed by atoms with van der Waals surface area (Å²) in [5.74, 6) is -0.119. The van der Waals surface area contributed by atoms with Crippen LogP contribution in [0.25, 0.3) is 0 Å². The molecule has 0 heterocycles. The second-order valence-electron chi connectivity index (χ2n) is 4.86. The first-order chi connectivity index (χ1) is 8.38. The maximum absolute atomic E-state index is 12.9. The summed E-state index contributed by atoms with van der Waals surface area (Å²) in [6, 6.07) is 3.86. The number of aryl methyl sites for hydroxylation is 1. The van der Waals surface area contributed by atoms with Crippen LogP contribution in [-0.4, -0.2) is 21.0 Å². The normalized spacial score (nSPS) is 23.7. The molecule has 0 saturated heterocycles. The minimum absolute atomic E-state index is 0.132. The third-order valence-corrected chi connectivity index (χ3v) is 4.84. The van der Waals surface area contributed by atoms with Crippen molar-refractivity contribution in [1.82, 2.24) is 4.72 Å². The standard InChI is InChI=1S/C12H17FN2O2S/c1-8-4-10(13)2-3-12(8)18(16,17)15-7-9-5-11(14)6-9/h2-4,9,11,15H,5-7,14H2,1H3. The minimum Gasteiger partial charge on any atom is -0.328 e. The third-order valence-electron chi connectivity index (χ3n) is 3.26. The lowest BCUT2D eigenvalue weighted by molar-refractivity contribution is 0.267. The highest BCUT2D eigenvalue weighted by molar-refractivity contribution is 7.89. The van der Waals surface area contributed by atoms with E-state index in [0.717, 1.165) is 18.9 Å². The van der Waals surface area contributed by atoms with Gasteiger partial charge in [-0.3, -0.25) is 0 Å². The van der Waals surface area contributed by atoms with Gasteiger partial charge in [-0.2, -0.15) is 0 Å². The molecule has 0 aromatic heterocycles. The van der Waals surface area contributed by atoms with Crippen LogP contribution in [0.15, 0.2) is 23.1 Å². The fourth-order valence-electron chi connectivity index (χ4n) is 2.17. The van der Waals surface area contributed by atoms with Gasteiger partial charge in [0, 0.05) is 12.6 Å². The number of hydrogen-bond acceptors (Lipinski definition) is 3. The largest absolute Gasteiger partial charge is 0.328 e. The second-order valence-corrected chi connectivity index (χ2v) is 6.59. The van der Waals surface area contributed by atoms with Crippen LogP contribution in [-0.2, 0) is 10.0 Å². The van der Waals surface area contributed by atoms with Crippen molar-refractivity contribution < 1.29 is 12.8 Å². The van der Waals surface area contributed by atoms with Gasteiger partial charge in [0.15, 0.2) is 0 Å². The fraction of sp³-hybridized carbons (Fsp3) is 0.500. The summed E-state index contributed by atoms with van der Waals surface area (Å²) in [7, 11) is -3.55. The molecular formula is C12H17FN2O2S. The van der Waals surface area contributed by atoms with Gasteiger partial charge >= 0.3 is 0 Å². The van der Waals surface area contributed by atoms with Gasteiger partial charge in [-0.1, -0.05) is 0 Å². The van der Waals surface area contributed by atoms with Crippen LogP contribution in [0.3, 0.4) is 0 Å². The lowest BCUT2D eigenvalue weighted by atomic mass is 9.81. The number of nitrogens with two attached hydrogens (primary N) is 1. The highest BCUT2D eigenvalue weighted by Gasteiger charge is 2.27. The van der Waals surface area contributed by atoms with E-state index >= 15 is 0 Å². The molecule has 0 aliphatic heterocycles. The molecule has 1 aromatic rings. The van der Waals surface area contributed by atoms with Crippen molar-refractivity contribution in [2.24, 2.45) is 11.7 Å². The molecule has 0 bridgehead atoms. The maximum atomic E-state index is 12.9. The van der Waals surface area contributed by atoms with Crippen molar-refractivity contribution in [1.29, 1.82) is 0 Å². The second kappa shape index (κ2) is 4.95. The summed E-state index contributed by atoms with van der Waals surface area (Å²) in [5.41, 5.74) is 6.05. The molecule has 1 fully saturated rings. The van der Waals surface area contributed by atoms with Crippen LogP contribution in [0, 0.1) is 18.7 Å². The number of rotatable bonds is 4. The third kappa shape index (κ3) is 2.88. The van der Waals surface area contributed by atoms with Crippen molar-refractivity contribution in [2.75, 3.05) is 6.54 Å². The number of hydrogen-bond donors (Lipinski definition) is 2. The average molecular weight is 272 g/mol.